The van der Waals surface area contributed by atoms with E-state index in [0.717, 1.165) is 45.9 Å². The second-order valence-electron chi connectivity index (χ2n) is 10.2. The Bertz CT molecular complexity index is 1400. The number of hydrogen-bond acceptors (Lipinski definition) is 4. The Kier molecular flexibility index (Phi) is 7.14. The number of nitrogens with zero attached hydrogens (tertiary/aromatic N) is 3. The average Bonchev–Trinajstić information content (AvgIpc) is 3.61. The van der Waals surface area contributed by atoms with Crippen LogP contribution in [0.1, 0.15) is 48.3 Å². The molecular weight excluding hydrogens is 470 g/mol. The molecule has 1 unspecified atom stereocenters. The summed E-state index contributed by atoms with van der Waals surface area (Å²) in [5, 5.41) is 3.05. The number of likely N-dealkylation sites (tertiary alicyclic amines) is 1. The molecule has 0 saturated carbocycles. The topological polar surface area (TPSA) is 73.4 Å². The highest BCUT2D eigenvalue weighted by atomic mass is 16.2. The minimum Gasteiger partial charge on any atom is -0.345 e. The van der Waals surface area contributed by atoms with Crippen molar-refractivity contribution in [1.82, 2.24) is 14.9 Å². The third-order valence-electron chi connectivity index (χ3n) is 7.63. The van der Waals surface area contributed by atoms with E-state index in [9.17, 15) is 4.79 Å². The number of benzene rings is 3. The number of imidazole rings is 1. The van der Waals surface area contributed by atoms with E-state index in [1.54, 1.807) is 12.5 Å². The number of fused-ring (bicyclic) bond motifs is 1. The van der Waals surface area contributed by atoms with E-state index in [-0.39, 0.29) is 5.91 Å². The lowest BCUT2D eigenvalue weighted by Gasteiger charge is -2.26. The van der Waals surface area contributed by atoms with Gasteiger partial charge in [-0.25, -0.2) is 4.98 Å². The number of aliphatic imine (C=N–C) groups is 1. The average molecular weight is 504 g/mol. The molecule has 2 aliphatic rings. The summed E-state index contributed by atoms with van der Waals surface area (Å²) < 4.78 is 0. The maximum atomic E-state index is 13.2. The number of aryl methyl sites for hydroxylation is 1. The van der Waals surface area contributed by atoms with E-state index < -0.39 is 5.92 Å². The Balaban J connectivity index is 1.27. The smallest absolute Gasteiger partial charge is 0.238 e. The lowest BCUT2D eigenvalue weighted by Crippen LogP contribution is -2.30. The maximum absolute atomic E-state index is 13.2. The first-order valence-corrected chi connectivity index (χ1v) is 13.6. The van der Waals surface area contributed by atoms with Crippen molar-refractivity contribution in [1.29, 1.82) is 0 Å². The van der Waals surface area contributed by atoms with Crippen LogP contribution >= 0.6 is 0 Å². The molecule has 0 radical (unpaired) electrons. The van der Waals surface area contributed by atoms with E-state index in [4.69, 9.17) is 4.99 Å². The van der Waals surface area contributed by atoms with Crippen molar-refractivity contribution < 1.29 is 4.79 Å². The van der Waals surface area contributed by atoms with E-state index in [2.05, 4.69) is 44.5 Å². The van der Waals surface area contributed by atoms with Crippen LogP contribution in [0.5, 0.6) is 0 Å². The summed E-state index contributed by atoms with van der Waals surface area (Å²) in [4.78, 5) is 28.1. The minimum atomic E-state index is -0.455. The van der Waals surface area contributed by atoms with Crippen molar-refractivity contribution >= 4 is 23.0 Å². The Morgan fingerprint density at radius 3 is 2.50 bits per heavy atom. The van der Waals surface area contributed by atoms with Crippen LogP contribution in [0.2, 0.25) is 0 Å². The van der Waals surface area contributed by atoms with Gasteiger partial charge in [0.05, 0.1) is 29.6 Å². The Hall–Kier alpha value is -4.03. The number of rotatable bonds is 8. The highest BCUT2D eigenvalue weighted by Crippen LogP contribution is 2.36. The number of carbonyl (C=O) groups excluding carboxylic acids is 1. The highest BCUT2D eigenvalue weighted by molar-refractivity contribution is 6.24. The Morgan fingerprint density at radius 1 is 0.947 bits per heavy atom. The molecule has 192 valence electrons. The van der Waals surface area contributed by atoms with Crippen LogP contribution in [-0.4, -0.2) is 46.1 Å². The summed E-state index contributed by atoms with van der Waals surface area (Å²) in [6.07, 6.45) is 9.75. The summed E-state index contributed by atoms with van der Waals surface area (Å²) in [5.74, 6) is -0.493. The third kappa shape index (κ3) is 5.31. The molecule has 3 aromatic carbocycles. The van der Waals surface area contributed by atoms with E-state index >= 15 is 0 Å². The van der Waals surface area contributed by atoms with Gasteiger partial charge in [0.15, 0.2) is 0 Å². The monoisotopic (exact) mass is 503 g/mol. The molecule has 1 amide bonds. The quantitative estimate of drug-likeness (QED) is 0.275. The fourth-order valence-electron chi connectivity index (χ4n) is 5.58. The molecule has 0 aliphatic carbocycles. The predicted octanol–water partition coefficient (Wildman–Crippen LogP) is 6.35. The molecule has 0 spiro atoms. The molecular formula is C32H33N5O. The van der Waals surface area contributed by atoms with Gasteiger partial charge in [-0.15, -0.1) is 0 Å². The van der Waals surface area contributed by atoms with E-state index in [0.29, 0.717) is 0 Å². The number of nitrogens with one attached hydrogen (secondary N) is 2. The fraction of sp³-hybridized carbons (Fsp3) is 0.281. The van der Waals surface area contributed by atoms with Crippen molar-refractivity contribution in [2.45, 2.75) is 38.0 Å². The number of anilines is 1. The van der Waals surface area contributed by atoms with Crippen LogP contribution in [-0.2, 0) is 11.2 Å². The van der Waals surface area contributed by atoms with Gasteiger partial charge in [-0.2, -0.15) is 0 Å². The maximum Gasteiger partial charge on any atom is 0.238 e. The van der Waals surface area contributed by atoms with Gasteiger partial charge in [-0.3, -0.25) is 9.79 Å². The first-order valence-electron chi connectivity index (χ1n) is 13.6. The van der Waals surface area contributed by atoms with Gasteiger partial charge in [-0.05, 0) is 85.8 Å². The zero-order valence-electron chi connectivity index (χ0n) is 21.6. The second kappa shape index (κ2) is 11.2. The number of carbonyl (C=O) groups is 1. The van der Waals surface area contributed by atoms with Gasteiger partial charge >= 0.3 is 0 Å². The first kappa shape index (κ1) is 24.3. The summed E-state index contributed by atoms with van der Waals surface area (Å²) in [5.41, 5.74) is 7.70. The van der Waals surface area contributed by atoms with Crippen molar-refractivity contribution in [3.63, 3.8) is 0 Å². The number of piperidine rings is 1. The number of aromatic amines is 1. The van der Waals surface area contributed by atoms with Gasteiger partial charge in [0, 0.05) is 5.69 Å². The molecule has 6 nitrogen and oxygen atoms in total. The summed E-state index contributed by atoms with van der Waals surface area (Å²) >= 11 is 0. The zero-order valence-corrected chi connectivity index (χ0v) is 21.6. The van der Waals surface area contributed by atoms with Gasteiger partial charge in [0.25, 0.3) is 0 Å². The third-order valence-corrected chi connectivity index (χ3v) is 7.63. The molecule has 3 heterocycles. The number of amides is 1. The van der Waals surface area contributed by atoms with E-state index in [1.165, 1.54) is 50.9 Å². The molecule has 0 bridgehead atoms. The molecule has 4 aromatic rings. The van der Waals surface area contributed by atoms with Gasteiger partial charge < -0.3 is 15.2 Å². The molecule has 1 atom stereocenters. The standard InChI is InChI=1S/C32H33N5O/c38-32-30(27-8-2-3-9-28(27)36-32)31(35-26-16-14-24(15-17-26)29-21-33-22-34-29)25-12-10-23(11-13-25)7-6-20-37-18-4-1-5-19-37/h2-3,8-17,21-22,30H,1,4-7,18-20H2,(H,33,34)(H,36,38). The van der Waals surface area contributed by atoms with Crippen molar-refractivity contribution in [2.24, 2.45) is 4.99 Å². The van der Waals surface area contributed by atoms with E-state index in [1.807, 2.05) is 48.5 Å². The van der Waals surface area contributed by atoms with Crippen LogP contribution in [0.3, 0.4) is 0 Å². The molecule has 2 aliphatic heterocycles. The first-order chi connectivity index (χ1) is 18.7. The van der Waals surface area contributed by atoms with Gasteiger partial charge in [-0.1, -0.05) is 61.0 Å². The van der Waals surface area contributed by atoms with Gasteiger partial charge in [0.2, 0.25) is 5.91 Å². The molecule has 2 N–H and O–H groups in total. The summed E-state index contributed by atoms with van der Waals surface area (Å²) in [6, 6.07) is 24.6. The van der Waals surface area contributed by atoms with Crippen LogP contribution in [0, 0.1) is 0 Å². The summed E-state index contributed by atoms with van der Waals surface area (Å²) in [6.45, 7) is 3.65. The summed E-state index contributed by atoms with van der Waals surface area (Å²) in [7, 11) is 0. The second-order valence-corrected chi connectivity index (χ2v) is 10.2. The zero-order chi connectivity index (χ0) is 25.7. The lowest BCUT2D eigenvalue weighted by molar-refractivity contribution is -0.115. The van der Waals surface area contributed by atoms with Crippen molar-refractivity contribution in [3.05, 3.63) is 102 Å². The fourth-order valence-corrected chi connectivity index (χ4v) is 5.58. The highest BCUT2D eigenvalue weighted by Gasteiger charge is 2.35. The molecule has 1 fully saturated rings. The number of H-pyrrole nitrogens is 1. The molecule has 1 aromatic heterocycles. The largest absolute Gasteiger partial charge is 0.345 e. The van der Waals surface area contributed by atoms with Gasteiger partial charge in [0.1, 0.15) is 5.92 Å². The lowest BCUT2D eigenvalue weighted by atomic mass is 9.90. The predicted molar refractivity (Wildman–Crippen MR) is 153 cm³/mol. The van der Waals surface area contributed by atoms with Crippen LogP contribution < -0.4 is 5.32 Å². The minimum absolute atomic E-state index is 0.0374. The number of para-hydroxylation sites is 1. The van der Waals surface area contributed by atoms with Crippen LogP contribution in [0.4, 0.5) is 11.4 Å². The SMILES string of the molecule is O=C1Nc2ccccc2C1C(=Nc1ccc(-c2cnc[nH]2)cc1)c1ccc(CCCN2CCCCC2)cc1. The molecule has 6 heteroatoms. The van der Waals surface area contributed by atoms with Crippen molar-refractivity contribution in [3.8, 4) is 11.3 Å². The number of aromatic nitrogens is 2. The van der Waals surface area contributed by atoms with Crippen molar-refractivity contribution in [2.75, 3.05) is 25.0 Å². The normalized spacial score (nSPS) is 17.8. The van der Waals surface area contributed by atoms with Crippen LogP contribution in [0.25, 0.3) is 11.3 Å². The van der Waals surface area contributed by atoms with Crippen LogP contribution in [0.15, 0.2) is 90.3 Å². The molecule has 1 saturated heterocycles. The number of hydrogen-bond donors (Lipinski definition) is 2. The molecule has 6 rings (SSSR count). The Morgan fingerprint density at radius 2 is 1.74 bits per heavy atom. The molecule has 38 heavy (non-hydrogen) atoms. The Labute approximate surface area is 223 Å².